The lowest BCUT2D eigenvalue weighted by Gasteiger charge is -2.17. The molecule has 3 amide bonds. The first kappa shape index (κ1) is 17.9. The maximum Gasteiger partial charge on any atom is 0.330 e. The average Bonchev–Trinajstić information content (AvgIpc) is 3.08. The number of hydrogen-bond donors (Lipinski definition) is 4. The van der Waals surface area contributed by atoms with Crippen molar-refractivity contribution in [1.82, 2.24) is 16.0 Å². The van der Waals surface area contributed by atoms with Gasteiger partial charge in [-0.3, -0.25) is 4.79 Å². The first-order chi connectivity index (χ1) is 11.0. The third-order valence-electron chi connectivity index (χ3n) is 4.08. The van der Waals surface area contributed by atoms with E-state index in [-0.39, 0.29) is 24.0 Å². The molecule has 2 rings (SSSR count). The van der Waals surface area contributed by atoms with E-state index in [1.165, 1.54) is 7.11 Å². The molecule has 2 heterocycles. The molecule has 130 valence electrons. The number of thioether (sulfide) groups is 1. The van der Waals surface area contributed by atoms with Gasteiger partial charge in [-0.05, 0) is 12.8 Å². The number of nitrogens with one attached hydrogen (secondary N) is 3. The van der Waals surface area contributed by atoms with Crippen LogP contribution < -0.4 is 16.0 Å². The summed E-state index contributed by atoms with van der Waals surface area (Å²) in [6.45, 7) is -0.479. The molecule has 4 unspecified atom stereocenters. The van der Waals surface area contributed by atoms with Crippen LogP contribution >= 0.6 is 11.8 Å². The van der Waals surface area contributed by atoms with Crippen LogP contribution in [0, 0.1) is 0 Å². The third-order valence-corrected chi connectivity index (χ3v) is 5.59. The fourth-order valence-corrected chi connectivity index (χ4v) is 4.41. The van der Waals surface area contributed by atoms with Crippen molar-refractivity contribution in [3.05, 3.63) is 0 Å². The maximum absolute atomic E-state index is 11.8. The third kappa shape index (κ3) is 4.74. The van der Waals surface area contributed by atoms with E-state index in [9.17, 15) is 14.4 Å². The van der Waals surface area contributed by atoms with Crippen LogP contribution in [0.2, 0.25) is 0 Å². The van der Waals surface area contributed by atoms with Gasteiger partial charge < -0.3 is 25.8 Å². The summed E-state index contributed by atoms with van der Waals surface area (Å²) in [5.74, 6) is -0.00718. The molecule has 0 aromatic rings. The molecule has 2 saturated heterocycles. The van der Waals surface area contributed by atoms with Crippen LogP contribution in [0.3, 0.4) is 0 Å². The van der Waals surface area contributed by atoms with Crippen LogP contribution in [-0.2, 0) is 14.3 Å². The molecule has 2 fully saturated rings. The number of carbonyl (C=O) groups excluding carboxylic acids is 3. The highest BCUT2D eigenvalue weighted by Crippen LogP contribution is 2.33. The van der Waals surface area contributed by atoms with Crippen molar-refractivity contribution in [2.75, 3.05) is 19.5 Å². The Morgan fingerprint density at radius 1 is 1.43 bits per heavy atom. The number of hydrogen-bond acceptors (Lipinski definition) is 6. The molecule has 0 aromatic heterocycles. The van der Waals surface area contributed by atoms with Crippen molar-refractivity contribution in [2.45, 2.75) is 49.1 Å². The second kappa shape index (κ2) is 8.39. The summed E-state index contributed by atoms with van der Waals surface area (Å²) in [6.07, 6.45) is 2.79. The Morgan fingerprint density at radius 2 is 2.22 bits per heavy atom. The van der Waals surface area contributed by atoms with Crippen molar-refractivity contribution < 1.29 is 24.2 Å². The number of methoxy groups -OCH3 is 1. The quantitative estimate of drug-likeness (QED) is 0.264. The molecule has 0 aromatic carbocycles. The molecule has 2 aliphatic rings. The SMILES string of the molecule is COC(=O)C(CO)NC(=O)CCCCC1SCC2NC(=O)NC21. The molecule has 9 heteroatoms. The largest absolute Gasteiger partial charge is 0.467 e. The number of unbranched alkanes of at least 4 members (excludes halogenated alkanes) is 1. The number of carbonyl (C=O) groups is 3. The van der Waals surface area contributed by atoms with Gasteiger partial charge in [-0.2, -0.15) is 11.8 Å². The first-order valence-corrected chi connectivity index (χ1v) is 8.76. The van der Waals surface area contributed by atoms with Gasteiger partial charge in [0.2, 0.25) is 5.91 Å². The normalized spacial score (nSPS) is 26.9. The number of esters is 1. The van der Waals surface area contributed by atoms with Crippen LogP contribution in [-0.4, -0.2) is 65.9 Å². The lowest BCUT2D eigenvalue weighted by atomic mass is 10.0. The summed E-state index contributed by atoms with van der Waals surface area (Å²) < 4.78 is 4.49. The second-order valence-electron chi connectivity index (χ2n) is 5.69. The van der Waals surface area contributed by atoms with E-state index in [4.69, 9.17) is 5.11 Å². The van der Waals surface area contributed by atoms with Crippen molar-refractivity contribution in [2.24, 2.45) is 0 Å². The molecule has 23 heavy (non-hydrogen) atoms. The molecular formula is C14H23N3O5S. The number of fused-ring (bicyclic) bond motifs is 1. The number of ether oxygens (including phenoxy) is 1. The van der Waals surface area contributed by atoms with Gasteiger partial charge in [0.25, 0.3) is 0 Å². The van der Waals surface area contributed by atoms with E-state index in [1.807, 2.05) is 11.8 Å². The van der Waals surface area contributed by atoms with Crippen LogP contribution in [0.1, 0.15) is 25.7 Å². The summed E-state index contributed by atoms with van der Waals surface area (Å²) in [7, 11) is 1.21. The molecule has 0 radical (unpaired) electrons. The number of urea groups is 1. The van der Waals surface area contributed by atoms with Gasteiger partial charge in [-0.1, -0.05) is 6.42 Å². The van der Waals surface area contributed by atoms with Gasteiger partial charge in [-0.25, -0.2) is 9.59 Å². The van der Waals surface area contributed by atoms with Crippen molar-refractivity contribution in [1.29, 1.82) is 0 Å². The number of rotatable bonds is 8. The minimum atomic E-state index is -1.00. The molecule has 4 N–H and O–H groups in total. The van der Waals surface area contributed by atoms with Gasteiger partial charge in [0, 0.05) is 17.4 Å². The molecule has 2 aliphatic heterocycles. The Morgan fingerprint density at radius 3 is 2.91 bits per heavy atom. The summed E-state index contributed by atoms with van der Waals surface area (Å²) in [5.41, 5.74) is 0. The highest BCUT2D eigenvalue weighted by Gasteiger charge is 2.42. The zero-order valence-corrected chi connectivity index (χ0v) is 13.9. The highest BCUT2D eigenvalue weighted by atomic mass is 32.2. The summed E-state index contributed by atoms with van der Waals surface area (Å²) in [6, 6.07) is -0.702. The lowest BCUT2D eigenvalue weighted by Crippen LogP contribution is -2.43. The summed E-state index contributed by atoms with van der Waals surface area (Å²) >= 11 is 1.84. The van der Waals surface area contributed by atoms with Crippen LogP contribution in [0.25, 0.3) is 0 Å². The molecule has 8 nitrogen and oxygen atoms in total. The Labute approximate surface area is 139 Å². The molecule has 0 spiro atoms. The minimum absolute atomic E-state index is 0.0949. The fourth-order valence-electron chi connectivity index (χ4n) is 2.86. The Kier molecular flexibility index (Phi) is 6.52. The Bertz CT molecular complexity index is 462. The lowest BCUT2D eigenvalue weighted by molar-refractivity contribution is -0.146. The fraction of sp³-hybridized carbons (Fsp3) is 0.786. The van der Waals surface area contributed by atoms with Gasteiger partial charge in [0.05, 0.1) is 25.8 Å². The minimum Gasteiger partial charge on any atom is -0.467 e. The molecule has 0 saturated carbocycles. The zero-order chi connectivity index (χ0) is 16.8. The second-order valence-corrected chi connectivity index (χ2v) is 6.97. The first-order valence-electron chi connectivity index (χ1n) is 7.72. The van der Waals surface area contributed by atoms with Gasteiger partial charge in [0.15, 0.2) is 6.04 Å². The van der Waals surface area contributed by atoms with Gasteiger partial charge in [-0.15, -0.1) is 0 Å². The molecular weight excluding hydrogens is 322 g/mol. The predicted octanol–water partition coefficient (Wildman–Crippen LogP) is -0.638. The number of aliphatic hydroxyl groups is 1. The topological polar surface area (TPSA) is 117 Å². The number of amides is 3. The van der Waals surface area contributed by atoms with E-state index in [0.717, 1.165) is 18.6 Å². The summed E-state index contributed by atoms with van der Waals surface area (Å²) in [4.78, 5) is 34.3. The van der Waals surface area contributed by atoms with Crippen LogP contribution in [0.15, 0.2) is 0 Å². The van der Waals surface area contributed by atoms with E-state index < -0.39 is 18.6 Å². The standard InChI is InChI=1S/C14H23N3O5S/c1-22-13(20)8(6-18)15-11(19)5-3-2-4-10-12-9(7-23-10)16-14(21)17-12/h8-10,12,18H,2-7H2,1H3,(H,15,19)(H2,16,17,21). The van der Waals surface area contributed by atoms with Gasteiger partial charge >= 0.3 is 12.0 Å². The molecule has 0 aliphatic carbocycles. The van der Waals surface area contributed by atoms with E-state index in [2.05, 4.69) is 20.7 Å². The van der Waals surface area contributed by atoms with Crippen molar-refractivity contribution in [3.63, 3.8) is 0 Å². The van der Waals surface area contributed by atoms with Crippen LogP contribution in [0.5, 0.6) is 0 Å². The zero-order valence-electron chi connectivity index (χ0n) is 13.0. The van der Waals surface area contributed by atoms with Crippen LogP contribution in [0.4, 0.5) is 4.79 Å². The monoisotopic (exact) mass is 345 g/mol. The Hall–Kier alpha value is -1.48. The average molecular weight is 345 g/mol. The maximum atomic E-state index is 11.8. The summed E-state index contributed by atoms with van der Waals surface area (Å²) in [5, 5.41) is 17.7. The molecule has 4 atom stereocenters. The molecule has 0 bridgehead atoms. The Balaban J connectivity index is 1.62. The van der Waals surface area contributed by atoms with E-state index >= 15 is 0 Å². The van der Waals surface area contributed by atoms with Gasteiger partial charge in [0.1, 0.15) is 0 Å². The highest BCUT2D eigenvalue weighted by molar-refractivity contribution is 8.00. The van der Waals surface area contributed by atoms with E-state index in [1.54, 1.807) is 0 Å². The van der Waals surface area contributed by atoms with Crippen molar-refractivity contribution >= 4 is 29.7 Å². The predicted molar refractivity (Wildman–Crippen MR) is 85.0 cm³/mol. The number of aliphatic hydroxyl groups excluding tert-OH is 1. The van der Waals surface area contributed by atoms with E-state index in [0.29, 0.717) is 18.1 Å². The smallest absolute Gasteiger partial charge is 0.330 e. The van der Waals surface area contributed by atoms with Crippen molar-refractivity contribution in [3.8, 4) is 0 Å².